The fraction of sp³-hybridized carbons (Fsp3) is 0.364. The molecule has 1 aliphatic carbocycles. The van der Waals surface area contributed by atoms with Gasteiger partial charge in [-0.25, -0.2) is 0 Å². The number of guanidine groups is 1. The number of rotatable bonds is 7. The van der Waals surface area contributed by atoms with Gasteiger partial charge in [-0.2, -0.15) is 0 Å². The molecule has 1 fully saturated rings. The number of amides is 1. The van der Waals surface area contributed by atoms with Crippen molar-refractivity contribution in [2.24, 2.45) is 10.9 Å². The van der Waals surface area contributed by atoms with Crippen molar-refractivity contribution in [1.82, 2.24) is 10.6 Å². The first-order valence-corrected chi connectivity index (χ1v) is 10.0. The molecule has 3 N–H and O–H groups in total. The highest BCUT2D eigenvalue weighted by atomic mass is 19.4. The maximum atomic E-state index is 12.6. The molecule has 0 unspecified atom stereocenters. The van der Waals surface area contributed by atoms with Gasteiger partial charge in [-0.05, 0) is 36.6 Å². The van der Waals surface area contributed by atoms with E-state index in [4.69, 9.17) is 0 Å². The topological polar surface area (TPSA) is 74.8 Å². The molecule has 2 aromatic carbocycles. The number of carbonyl (C=O) groups is 1. The second-order valence-corrected chi connectivity index (χ2v) is 7.25. The Hall–Kier alpha value is -3.23. The van der Waals surface area contributed by atoms with Gasteiger partial charge < -0.3 is 20.7 Å². The lowest BCUT2D eigenvalue weighted by Gasteiger charge is -2.24. The van der Waals surface area contributed by atoms with E-state index in [0.717, 1.165) is 30.5 Å². The van der Waals surface area contributed by atoms with Crippen molar-refractivity contribution >= 4 is 17.6 Å². The first-order chi connectivity index (χ1) is 14.8. The third-order valence-corrected chi connectivity index (χ3v) is 5.00. The van der Waals surface area contributed by atoms with Gasteiger partial charge in [-0.3, -0.25) is 9.79 Å². The summed E-state index contributed by atoms with van der Waals surface area (Å²) in [5.41, 5.74) is 2.01. The molecule has 6 nitrogen and oxygen atoms in total. The molecule has 0 radical (unpaired) electrons. The zero-order valence-electron chi connectivity index (χ0n) is 17.1. The summed E-state index contributed by atoms with van der Waals surface area (Å²) in [6.45, 7) is 0.525. The van der Waals surface area contributed by atoms with Gasteiger partial charge in [0, 0.05) is 37.3 Å². The molecule has 0 aliphatic heterocycles. The molecule has 31 heavy (non-hydrogen) atoms. The summed E-state index contributed by atoms with van der Waals surface area (Å²) in [5.74, 6) is 0.321. The van der Waals surface area contributed by atoms with Gasteiger partial charge in [0.25, 0.3) is 0 Å². The Morgan fingerprint density at radius 3 is 2.52 bits per heavy atom. The summed E-state index contributed by atoms with van der Waals surface area (Å²) in [6, 6.07) is 13.4. The number of nitrogens with zero attached hydrogens (tertiary/aromatic N) is 1. The Bertz CT molecular complexity index is 927. The van der Waals surface area contributed by atoms with Crippen LogP contribution in [0.4, 0.5) is 18.9 Å². The molecule has 0 saturated heterocycles. The Kier molecular flexibility index (Phi) is 7.38. The maximum absolute atomic E-state index is 12.6. The second-order valence-electron chi connectivity index (χ2n) is 7.25. The molecule has 0 atom stereocenters. The predicted molar refractivity (Wildman–Crippen MR) is 113 cm³/mol. The number of carbonyl (C=O) groups excluding carboxylic acids is 1. The first-order valence-electron chi connectivity index (χ1n) is 10.0. The smallest absolute Gasteiger partial charge is 0.405 e. The monoisotopic (exact) mass is 434 g/mol. The highest BCUT2D eigenvalue weighted by Gasteiger charge is 2.32. The maximum Gasteiger partial charge on any atom is 0.573 e. The van der Waals surface area contributed by atoms with Gasteiger partial charge in [0.15, 0.2) is 5.96 Å². The van der Waals surface area contributed by atoms with E-state index < -0.39 is 6.36 Å². The molecule has 3 rings (SSSR count). The molecule has 0 aromatic heterocycles. The van der Waals surface area contributed by atoms with Crippen molar-refractivity contribution in [2.75, 3.05) is 12.4 Å². The van der Waals surface area contributed by atoms with Crippen LogP contribution >= 0.6 is 0 Å². The van der Waals surface area contributed by atoms with Gasteiger partial charge in [0.1, 0.15) is 5.75 Å². The van der Waals surface area contributed by atoms with E-state index in [1.807, 2.05) is 24.3 Å². The minimum Gasteiger partial charge on any atom is -0.405 e. The third-order valence-electron chi connectivity index (χ3n) is 5.00. The van der Waals surface area contributed by atoms with Gasteiger partial charge in [-0.15, -0.1) is 13.2 Å². The van der Waals surface area contributed by atoms with Crippen LogP contribution in [-0.2, 0) is 17.9 Å². The minimum absolute atomic E-state index is 0.0496. The van der Waals surface area contributed by atoms with Gasteiger partial charge in [0.2, 0.25) is 5.91 Å². The molecular weight excluding hydrogens is 409 g/mol. The van der Waals surface area contributed by atoms with Crippen molar-refractivity contribution in [3.8, 4) is 5.75 Å². The van der Waals surface area contributed by atoms with Gasteiger partial charge in [0.05, 0.1) is 0 Å². The van der Waals surface area contributed by atoms with Crippen molar-refractivity contribution in [2.45, 2.75) is 38.7 Å². The van der Waals surface area contributed by atoms with Gasteiger partial charge in [-0.1, -0.05) is 36.8 Å². The Labute approximate surface area is 178 Å². The lowest BCUT2D eigenvalue weighted by atomic mass is 9.85. The average Bonchev–Trinajstić information content (AvgIpc) is 2.67. The van der Waals surface area contributed by atoms with E-state index >= 15 is 0 Å². The van der Waals surface area contributed by atoms with Crippen molar-refractivity contribution in [3.05, 3.63) is 59.7 Å². The third kappa shape index (κ3) is 6.91. The summed E-state index contributed by atoms with van der Waals surface area (Å²) >= 11 is 0. The largest absolute Gasteiger partial charge is 0.573 e. The predicted octanol–water partition coefficient (Wildman–Crippen LogP) is 4.19. The van der Waals surface area contributed by atoms with E-state index in [0.29, 0.717) is 18.1 Å². The fourth-order valence-electron chi connectivity index (χ4n) is 3.13. The minimum atomic E-state index is -4.75. The SMILES string of the molecule is CN=C(NCc1cccc(NC(=O)C2CCC2)c1)NCc1ccccc1OC(F)(F)F. The van der Waals surface area contributed by atoms with E-state index in [9.17, 15) is 18.0 Å². The molecule has 0 bridgehead atoms. The van der Waals surface area contributed by atoms with Crippen molar-refractivity contribution < 1.29 is 22.7 Å². The number of ether oxygens (including phenoxy) is 1. The van der Waals surface area contributed by atoms with E-state index in [2.05, 4.69) is 25.7 Å². The molecule has 1 amide bonds. The fourth-order valence-corrected chi connectivity index (χ4v) is 3.13. The van der Waals surface area contributed by atoms with E-state index in [1.165, 1.54) is 12.1 Å². The highest BCUT2D eigenvalue weighted by molar-refractivity contribution is 5.93. The molecule has 1 aliphatic rings. The van der Waals surface area contributed by atoms with E-state index in [1.54, 1.807) is 19.2 Å². The van der Waals surface area contributed by atoms with Crippen LogP contribution in [0.5, 0.6) is 5.75 Å². The Morgan fingerprint density at radius 2 is 1.84 bits per heavy atom. The number of anilines is 1. The van der Waals surface area contributed by atoms with Crippen LogP contribution < -0.4 is 20.7 Å². The molecule has 0 heterocycles. The molecule has 0 spiro atoms. The Morgan fingerprint density at radius 1 is 1.10 bits per heavy atom. The molecule has 166 valence electrons. The summed E-state index contributed by atoms with van der Waals surface area (Å²) < 4.78 is 41.8. The quantitative estimate of drug-likeness (QED) is 0.451. The molecule has 2 aromatic rings. The number of hydrogen-bond acceptors (Lipinski definition) is 3. The average molecular weight is 434 g/mol. The number of alkyl halides is 3. The Balaban J connectivity index is 1.53. The number of nitrogens with one attached hydrogen (secondary N) is 3. The number of para-hydroxylation sites is 1. The zero-order valence-corrected chi connectivity index (χ0v) is 17.1. The number of benzene rings is 2. The van der Waals surface area contributed by atoms with E-state index in [-0.39, 0.29) is 24.1 Å². The first kappa shape index (κ1) is 22.5. The number of aliphatic imine (C=N–C) groups is 1. The molecular formula is C22H25F3N4O2. The zero-order chi connectivity index (χ0) is 22.3. The van der Waals surface area contributed by atoms with Crippen LogP contribution in [0, 0.1) is 5.92 Å². The summed E-state index contributed by atoms with van der Waals surface area (Å²) in [5, 5.41) is 9.03. The lowest BCUT2D eigenvalue weighted by molar-refractivity contribution is -0.274. The van der Waals surface area contributed by atoms with Crippen LogP contribution in [0.1, 0.15) is 30.4 Å². The van der Waals surface area contributed by atoms with Crippen molar-refractivity contribution in [3.63, 3.8) is 0 Å². The van der Waals surface area contributed by atoms with Crippen LogP contribution in [0.2, 0.25) is 0 Å². The lowest BCUT2D eigenvalue weighted by Crippen LogP contribution is -2.36. The number of hydrogen-bond donors (Lipinski definition) is 3. The van der Waals surface area contributed by atoms with Crippen LogP contribution in [0.15, 0.2) is 53.5 Å². The summed E-state index contributed by atoms with van der Waals surface area (Å²) in [4.78, 5) is 16.2. The summed E-state index contributed by atoms with van der Waals surface area (Å²) in [7, 11) is 1.57. The van der Waals surface area contributed by atoms with Crippen LogP contribution in [0.25, 0.3) is 0 Å². The standard InChI is InChI=1S/C22H25F3N4O2/c1-26-21(28-14-17-7-2-3-11-19(17)31-22(23,24)25)27-13-15-6-4-10-18(12-15)29-20(30)16-8-5-9-16/h2-4,6-7,10-12,16H,5,8-9,13-14H2,1H3,(H,29,30)(H2,26,27,28). The van der Waals surface area contributed by atoms with Crippen LogP contribution in [-0.4, -0.2) is 25.3 Å². The van der Waals surface area contributed by atoms with Crippen LogP contribution in [0.3, 0.4) is 0 Å². The molecule has 9 heteroatoms. The highest BCUT2D eigenvalue weighted by Crippen LogP contribution is 2.28. The number of halogens is 3. The van der Waals surface area contributed by atoms with Crippen molar-refractivity contribution in [1.29, 1.82) is 0 Å². The van der Waals surface area contributed by atoms with Gasteiger partial charge >= 0.3 is 6.36 Å². The second kappa shape index (κ2) is 10.2. The normalized spacial score (nSPS) is 14.5. The summed E-state index contributed by atoms with van der Waals surface area (Å²) in [6.07, 6.45) is -1.78. The molecule has 1 saturated carbocycles.